The number of carbonyl (C=O) groups excluding carboxylic acids is 1. The summed E-state index contributed by atoms with van der Waals surface area (Å²) in [6, 6.07) is 16.3. The molecule has 0 aliphatic heterocycles. The Kier molecular flexibility index (Phi) is 5.73. The number of fused-ring (bicyclic) bond motifs is 1. The van der Waals surface area contributed by atoms with Crippen LogP contribution in [0.4, 0.5) is 5.69 Å². The van der Waals surface area contributed by atoms with Crippen molar-refractivity contribution in [3.8, 4) is 6.07 Å². The highest BCUT2D eigenvalue weighted by Gasteiger charge is 2.08. The molecule has 136 valence electrons. The van der Waals surface area contributed by atoms with Crippen molar-refractivity contribution in [2.75, 3.05) is 5.32 Å². The van der Waals surface area contributed by atoms with Crippen molar-refractivity contribution in [1.82, 2.24) is 4.57 Å². The Hall–Kier alpha value is -3.32. The molecule has 0 atom stereocenters. The molecule has 0 unspecified atom stereocenters. The Labute approximate surface area is 159 Å². The number of amides is 1. The lowest BCUT2D eigenvalue weighted by Gasteiger charge is -2.11. The van der Waals surface area contributed by atoms with Gasteiger partial charge in [-0.1, -0.05) is 43.3 Å². The summed E-state index contributed by atoms with van der Waals surface area (Å²) >= 11 is 0. The van der Waals surface area contributed by atoms with Crippen LogP contribution >= 0.6 is 0 Å². The number of hydrogen-bond donors (Lipinski definition) is 1. The van der Waals surface area contributed by atoms with E-state index in [9.17, 15) is 4.79 Å². The SMILES string of the molecule is CCc1cccc(C)c1NC(=O)/C=C/c1cn(CCC#N)c2ccccc12. The standard InChI is InChI=1S/C23H23N3O/c1-3-18-9-6-8-17(2)23(18)25-22(27)13-12-19-16-26(15-7-14-24)21-11-5-4-10-20(19)21/h4-6,8-13,16H,3,7,15H2,1-2H3,(H,25,27)/b13-12+. The van der Waals surface area contributed by atoms with Crippen LogP contribution in [0.3, 0.4) is 0 Å². The number of para-hydroxylation sites is 2. The summed E-state index contributed by atoms with van der Waals surface area (Å²) in [5.74, 6) is -0.146. The number of nitrogens with one attached hydrogen (secondary N) is 1. The molecule has 0 aliphatic carbocycles. The van der Waals surface area contributed by atoms with Gasteiger partial charge in [0.2, 0.25) is 5.91 Å². The Morgan fingerprint density at radius 3 is 2.81 bits per heavy atom. The zero-order valence-electron chi connectivity index (χ0n) is 15.7. The monoisotopic (exact) mass is 357 g/mol. The quantitative estimate of drug-likeness (QED) is 0.626. The second kappa shape index (κ2) is 8.37. The molecular weight excluding hydrogens is 334 g/mol. The van der Waals surface area contributed by atoms with Crippen LogP contribution in [-0.4, -0.2) is 10.5 Å². The van der Waals surface area contributed by atoms with E-state index in [1.165, 1.54) is 0 Å². The number of nitriles is 1. The maximum absolute atomic E-state index is 12.5. The summed E-state index contributed by atoms with van der Waals surface area (Å²) in [6.45, 7) is 4.72. The highest BCUT2D eigenvalue weighted by atomic mass is 16.1. The van der Waals surface area contributed by atoms with Crippen molar-refractivity contribution < 1.29 is 4.79 Å². The number of hydrogen-bond acceptors (Lipinski definition) is 2. The topological polar surface area (TPSA) is 57.8 Å². The van der Waals surface area contributed by atoms with Gasteiger partial charge in [-0.3, -0.25) is 4.79 Å². The normalized spacial score (nSPS) is 11.0. The second-order valence-corrected chi connectivity index (χ2v) is 6.49. The van der Waals surface area contributed by atoms with Crippen LogP contribution < -0.4 is 5.32 Å². The molecule has 1 heterocycles. The van der Waals surface area contributed by atoms with Crippen LogP contribution in [0, 0.1) is 18.3 Å². The minimum atomic E-state index is -0.146. The summed E-state index contributed by atoms with van der Waals surface area (Å²) in [4.78, 5) is 12.5. The minimum Gasteiger partial charge on any atom is -0.346 e. The lowest BCUT2D eigenvalue weighted by Crippen LogP contribution is -2.11. The van der Waals surface area contributed by atoms with Crippen LogP contribution in [0.25, 0.3) is 17.0 Å². The first-order chi connectivity index (χ1) is 13.1. The summed E-state index contributed by atoms with van der Waals surface area (Å²) in [6.07, 6.45) is 6.73. The third-order valence-electron chi connectivity index (χ3n) is 4.69. The highest BCUT2D eigenvalue weighted by Crippen LogP contribution is 2.24. The third-order valence-corrected chi connectivity index (χ3v) is 4.69. The second-order valence-electron chi connectivity index (χ2n) is 6.49. The smallest absolute Gasteiger partial charge is 0.248 e. The first-order valence-electron chi connectivity index (χ1n) is 9.16. The van der Waals surface area contributed by atoms with Crippen LogP contribution in [0.5, 0.6) is 0 Å². The molecule has 0 spiro atoms. The van der Waals surface area contributed by atoms with Crippen LogP contribution in [0.15, 0.2) is 54.7 Å². The Morgan fingerprint density at radius 2 is 2.04 bits per heavy atom. The molecule has 0 radical (unpaired) electrons. The molecule has 27 heavy (non-hydrogen) atoms. The van der Waals surface area contributed by atoms with E-state index in [1.807, 2.05) is 61.7 Å². The van der Waals surface area contributed by atoms with Crippen molar-refractivity contribution in [3.05, 3.63) is 71.4 Å². The molecule has 1 N–H and O–H groups in total. The molecule has 4 nitrogen and oxygen atoms in total. The molecular formula is C23H23N3O. The molecule has 1 aromatic heterocycles. The van der Waals surface area contributed by atoms with Gasteiger partial charge in [-0.2, -0.15) is 5.26 Å². The lowest BCUT2D eigenvalue weighted by atomic mass is 10.1. The number of rotatable bonds is 6. The van der Waals surface area contributed by atoms with Gasteiger partial charge in [0.15, 0.2) is 0 Å². The van der Waals surface area contributed by atoms with Crippen LogP contribution in [0.1, 0.15) is 30.0 Å². The number of anilines is 1. The van der Waals surface area contributed by atoms with E-state index in [2.05, 4.69) is 22.9 Å². The van der Waals surface area contributed by atoms with Gasteiger partial charge < -0.3 is 9.88 Å². The van der Waals surface area contributed by atoms with E-state index < -0.39 is 0 Å². The maximum Gasteiger partial charge on any atom is 0.248 e. The lowest BCUT2D eigenvalue weighted by molar-refractivity contribution is -0.111. The molecule has 3 rings (SSSR count). The minimum absolute atomic E-state index is 0.146. The van der Waals surface area contributed by atoms with Gasteiger partial charge in [0, 0.05) is 41.0 Å². The van der Waals surface area contributed by atoms with Gasteiger partial charge >= 0.3 is 0 Å². The predicted octanol–water partition coefficient (Wildman–Crippen LogP) is 5.08. The number of aryl methyl sites for hydroxylation is 3. The fraction of sp³-hybridized carbons (Fsp3) is 0.217. The van der Waals surface area contributed by atoms with E-state index in [0.29, 0.717) is 13.0 Å². The number of nitrogens with zero attached hydrogens (tertiary/aromatic N) is 2. The van der Waals surface area contributed by atoms with Crippen molar-refractivity contribution >= 4 is 28.6 Å². The molecule has 1 amide bonds. The van der Waals surface area contributed by atoms with Crippen LogP contribution in [0.2, 0.25) is 0 Å². The van der Waals surface area contributed by atoms with Gasteiger partial charge in [0.25, 0.3) is 0 Å². The fourth-order valence-electron chi connectivity index (χ4n) is 3.30. The van der Waals surface area contributed by atoms with Crippen LogP contribution in [-0.2, 0) is 17.8 Å². The first-order valence-corrected chi connectivity index (χ1v) is 9.16. The molecule has 0 bridgehead atoms. The molecule has 0 fully saturated rings. The molecule has 2 aromatic carbocycles. The predicted molar refractivity (Wildman–Crippen MR) is 110 cm³/mol. The third kappa shape index (κ3) is 4.09. The van der Waals surface area contributed by atoms with Crippen molar-refractivity contribution in [2.45, 2.75) is 33.2 Å². The molecule has 4 heteroatoms. The van der Waals surface area contributed by atoms with Gasteiger partial charge in [0.05, 0.1) is 12.5 Å². The van der Waals surface area contributed by atoms with E-state index in [4.69, 9.17) is 5.26 Å². The molecule has 0 aliphatic rings. The zero-order valence-corrected chi connectivity index (χ0v) is 15.7. The number of benzene rings is 2. The largest absolute Gasteiger partial charge is 0.346 e. The van der Waals surface area contributed by atoms with Gasteiger partial charge in [-0.05, 0) is 36.6 Å². The Morgan fingerprint density at radius 1 is 1.22 bits per heavy atom. The van der Waals surface area contributed by atoms with E-state index in [-0.39, 0.29) is 5.91 Å². The Bertz CT molecular complexity index is 1040. The molecule has 0 saturated heterocycles. The highest BCUT2D eigenvalue weighted by molar-refractivity contribution is 6.04. The average Bonchev–Trinajstić information content (AvgIpc) is 3.04. The van der Waals surface area contributed by atoms with E-state index in [0.717, 1.165) is 39.7 Å². The first kappa shape index (κ1) is 18.5. The number of aromatic nitrogens is 1. The summed E-state index contributed by atoms with van der Waals surface area (Å²) in [5, 5.41) is 12.9. The molecule has 0 saturated carbocycles. The summed E-state index contributed by atoms with van der Waals surface area (Å²) < 4.78 is 2.06. The number of carbonyl (C=O) groups is 1. The maximum atomic E-state index is 12.5. The molecule has 3 aromatic rings. The average molecular weight is 357 g/mol. The van der Waals surface area contributed by atoms with Crippen molar-refractivity contribution in [2.24, 2.45) is 0 Å². The summed E-state index contributed by atoms with van der Waals surface area (Å²) in [5.41, 5.74) is 5.12. The van der Waals surface area contributed by atoms with E-state index >= 15 is 0 Å². The fourth-order valence-corrected chi connectivity index (χ4v) is 3.30. The van der Waals surface area contributed by atoms with E-state index in [1.54, 1.807) is 6.08 Å². The van der Waals surface area contributed by atoms with Crippen molar-refractivity contribution in [1.29, 1.82) is 5.26 Å². The Balaban J connectivity index is 1.84. The van der Waals surface area contributed by atoms with Gasteiger partial charge in [-0.25, -0.2) is 0 Å². The van der Waals surface area contributed by atoms with Gasteiger partial charge in [-0.15, -0.1) is 0 Å². The summed E-state index contributed by atoms with van der Waals surface area (Å²) in [7, 11) is 0. The zero-order chi connectivity index (χ0) is 19.2. The van der Waals surface area contributed by atoms with Crippen molar-refractivity contribution in [3.63, 3.8) is 0 Å². The van der Waals surface area contributed by atoms with Gasteiger partial charge in [0.1, 0.15) is 0 Å².